The van der Waals surface area contributed by atoms with Crippen LogP contribution < -0.4 is 0 Å². The number of methoxy groups -OCH3 is 1. The quantitative estimate of drug-likeness (QED) is 0.726. The summed E-state index contributed by atoms with van der Waals surface area (Å²) in [7, 11) is 3.86. The Morgan fingerprint density at radius 1 is 1.17 bits per heavy atom. The Balaban J connectivity index is 1.53. The summed E-state index contributed by atoms with van der Waals surface area (Å²) < 4.78 is 25.5. The summed E-state index contributed by atoms with van der Waals surface area (Å²) in [6.07, 6.45) is 7.21. The number of aliphatic hydroxyl groups is 1. The molecule has 1 N–H and O–H groups in total. The summed E-state index contributed by atoms with van der Waals surface area (Å²) in [6.45, 7) is 6.59. The van der Waals surface area contributed by atoms with Gasteiger partial charge in [0.15, 0.2) is 11.9 Å². The van der Waals surface area contributed by atoms with E-state index in [0.29, 0.717) is 32.0 Å². The highest BCUT2D eigenvalue weighted by Crippen LogP contribution is 2.72. The van der Waals surface area contributed by atoms with Crippen molar-refractivity contribution in [2.24, 2.45) is 22.7 Å². The molecule has 6 rings (SSSR count). The molecule has 3 unspecified atom stereocenters. The second kappa shape index (κ2) is 5.58. The molecule has 3 aliphatic carbocycles. The van der Waals surface area contributed by atoms with Crippen molar-refractivity contribution in [1.29, 1.82) is 0 Å². The summed E-state index contributed by atoms with van der Waals surface area (Å²) >= 11 is 0. The van der Waals surface area contributed by atoms with Gasteiger partial charge in [0, 0.05) is 23.8 Å². The molecule has 3 aliphatic heterocycles. The van der Waals surface area contributed by atoms with E-state index in [9.17, 15) is 5.11 Å². The Morgan fingerprint density at radius 2 is 1.93 bits per heavy atom. The molecule has 2 bridgehead atoms. The molecule has 0 aromatic carbocycles. The maximum Gasteiger partial charge on any atom is 0.206 e. The van der Waals surface area contributed by atoms with Crippen molar-refractivity contribution in [3.63, 3.8) is 0 Å². The first-order valence-corrected chi connectivity index (χ1v) is 11.1. The lowest BCUT2D eigenvalue weighted by atomic mass is 9.43. The molecule has 3 saturated heterocycles. The first kappa shape index (κ1) is 18.7. The number of allylic oxidation sites excluding steroid dienone is 3. The van der Waals surface area contributed by atoms with Crippen LogP contribution in [-0.2, 0) is 18.9 Å². The van der Waals surface area contributed by atoms with Gasteiger partial charge in [0.05, 0.1) is 31.3 Å². The highest BCUT2D eigenvalue weighted by atomic mass is 16.7. The number of rotatable bonds is 1. The molecule has 5 fully saturated rings. The largest absolute Gasteiger partial charge is 0.493 e. The first-order valence-electron chi connectivity index (χ1n) is 11.1. The van der Waals surface area contributed by atoms with Crippen molar-refractivity contribution in [3.05, 3.63) is 23.7 Å². The van der Waals surface area contributed by atoms with Gasteiger partial charge in [-0.05, 0) is 44.8 Å². The molecule has 6 atom stereocenters. The van der Waals surface area contributed by atoms with Gasteiger partial charge in [0.1, 0.15) is 5.76 Å². The van der Waals surface area contributed by atoms with Crippen molar-refractivity contribution in [3.8, 4) is 0 Å². The van der Waals surface area contributed by atoms with E-state index in [0.717, 1.165) is 30.9 Å². The van der Waals surface area contributed by atoms with Gasteiger partial charge in [-0.15, -0.1) is 0 Å². The third kappa shape index (κ3) is 2.07. The van der Waals surface area contributed by atoms with Crippen LogP contribution >= 0.6 is 0 Å². The highest BCUT2D eigenvalue weighted by molar-refractivity contribution is 5.39. The summed E-state index contributed by atoms with van der Waals surface area (Å²) in [6, 6.07) is 0.133. The summed E-state index contributed by atoms with van der Waals surface area (Å²) in [5.74, 6) is 1.39. The first-order chi connectivity index (χ1) is 13.8. The van der Waals surface area contributed by atoms with Crippen molar-refractivity contribution < 1.29 is 24.1 Å². The van der Waals surface area contributed by atoms with E-state index < -0.39 is 16.8 Å². The molecule has 6 heteroatoms. The smallest absolute Gasteiger partial charge is 0.206 e. The van der Waals surface area contributed by atoms with Gasteiger partial charge in [-0.25, -0.2) is 0 Å². The van der Waals surface area contributed by atoms with Crippen LogP contribution in [0.1, 0.15) is 39.5 Å². The van der Waals surface area contributed by atoms with Crippen LogP contribution in [0.15, 0.2) is 23.7 Å². The zero-order valence-corrected chi connectivity index (χ0v) is 17.9. The van der Waals surface area contributed by atoms with Gasteiger partial charge in [0.25, 0.3) is 0 Å². The molecule has 3 heterocycles. The van der Waals surface area contributed by atoms with Crippen LogP contribution in [0, 0.1) is 22.7 Å². The minimum atomic E-state index is -0.803. The maximum atomic E-state index is 12.3. The van der Waals surface area contributed by atoms with Crippen LogP contribution in [0.4, 0.5) is 0 Å². The number of likely N-dealkylation sites (tertiary alicyclic amines) is 1. The molecule has 2 saturated carbocycles. The Bertz CT molecular complexity index is 795. The second-order valence-electron chi connectivity index (χ2n) is 10.9. The third-order valence-corrected chi connectivity index (χ3v) is 8.87. The number of ether oxygens (including phenoxy) is 4. The lowest BCUT2D eigenvalue weighted by Crippen LogP contribution is -2.79. The SMILES string of the molecule is COC1=C2O[C@H]3C4(CCC5(O)[C@H]6CC(C=C1)C2[C@@]35CCN6C)OCC(C)(C)CO4. The molecule has 6 aliphatic rings. The summed E-state index contributed by atoms with van der Waals surface area (Å²) in [5.41, 5.74) is -1.22. The summed E-state index contributed by atoms with van der Waals surface area (Å²) in [4.78, 5) is 2.36. The lowest BCUT2D eigenvalue weighted by Gasteiger charge is -2.68. The Morgan fingerprint density at radius 3 is 2.66 bits per heavy atom. The topological polar surface area (TPSA) is 60.4 Å². The number of likely N-dealkylation sites (N-methyl/N-ethyl adjacent to an activating group) is 1. The Kier molecular flexibility index (Phi) is 3.59. The van der Waals surface area contributed by atoms with Crippen LogP contribution in [0.5, 0.6) is 0 Å². The van der Waals surface area contributed by atoms with Gasteiger partial charge in [0.2, 0.25) is 5.79 Å². The van der Waals surface area contributed by atoms with E-state index in [1.165, 1.54) is 0 Å². The van der Waals surface area contributed by atoms with E-state index in [4.69, 9.17) is 18.9 Å². The van der Waals surface area contributed by atoms with Crippen molar-refractivity contribution >= 4 is 0 Å². The molecular weight excluding hydrogens is 370 g/mol. The van der Waals surface area contributed by atoms with Gasteiger partial charge in [-0.2, -0.15) is 0 Å². The number of hydrogen-bond donors (Lipinski definition) is 1. The van der Waals surface area contributed by atoms with Crippen molar-refractivity contribution in [2.75, 3.05) is 33.9 Å². The Labute approximate surface area is 172 Å². The molecule has 0 aromatic rings. The minimum Gasteiger partial charge on any atom is -0.493 e. The molecule has 0 aromatic heterocycles. The predicted molar refractivity (Wildman–Crippen MR) is 106 cm³/mol. The maximum absolute atomic E-state index is 12.3. The zero-order chi connectivity index (χ0) is 20.2. The molecule has 29 heavy (non-hydrogen) atoms. The van der Waals surface area contributed by atoms with Gasteiger partial charge in [-0.1, -0.05) is 19.9 Å². The fraction of sp³-hybridized carbons (Fsp3) is 0.826. The third-order valence-electron chi connectivity index (χ3n) is 8.87. The van der Waals surface area contributed by atoms with Crippen LogP contribution in [0.25, 0.3) is 0 Å². The minimum absolute atomic E-state index is 0.00897. The van der Waals surface area contributed by atoms with E-state index >= 15 is 0 Å². The molecule has 0 amide bonds. The fourth-order valence-corrected chi connectivity index (χ4v) is 7.49. The van der Waals surface area contributed by atoms with Crippen LogP contribution in [0.3, 0.4) is 0 Å². The lowest BCUT2D eigenvalue weighted by molar-refractivity contribution is -0.388. The van der Waals surface area contributed by atoms with Crippen molar-refractivity contribution in [2.45, 2.75) is 63.1 Å². The number of piperidine rings is 1. The van der Waals surface area contributed by atoms with E-state index in [1.54, 1.807) is 7.11 Å². The second-order valence-corrected chi connectivity index (χ2v) is 10.9. The molecule has 2 spiro atoms. The zero-order valence-electron chi connectivity index (χ0n) is 17.9. The average molecular weight is 404 g/mol. The normalized spacial score (nSPS) is 49.0. The highest BCUT2D eigenvalue weighted by Gasteiger charge is 2.80. The van der Waals surface area contributed by atoms with Gasteiger partial charge >= 0.3 is 0 Å². The van der Waals surface area contributed by atoms with Gasteiger partial charge < -0.3 is 29.0 Å². The van der Waals surface area contributed by atoms with E-state index in [-0.39, 0.29) is 23.5 Å². The predicted octanol–water partition coefficient (Wildman–Crippen LogP) is 2.43. The Hall–Kier alpha value is -1.08. The molecular formula is C23H33NO5. The molecule has 0 radical (unpaired) electrons. The van der Waals surface area contributed by atoms with Crippen LogP contribution in [0.2, 0.25) is 0 Å². The monoisotopic (exact) mass is 403 g/mol. The van der Waals surface area contributed by atoms with Gasteiger partial charge in [-0.3, -0.25) is 0 Å². The number of fused-ring (bicyclic) bond motifs is 1. The van der Waals surface area contributed by atoms with E-state index in [1.807, 2.05) is 0 Å². The van der Waals surface area contributed by atoms with E-state index in [2.05, 4.69) is 37.9 Å². The fourth-order valence-electron chi connectivity index (χ4n) is 7.49. The average Bonchev–Trinajstić information content (AvgIpc) is 3.05. The number of hydrogen-bond acceptors (Lipinski definition) is 6. The molecule has 6 nitrogen and oxygen atoms in total. The summed E-state index contributed by atoms with van der Waals surface area (Å²) in [5, 5.41) is 12.3. The van der Waals surface area contributed by atoms with Crippen LogP contribution in [-0.4, -0.2) is 67.5 Å². The number of nitrogens with zero attached hydrogens (tertiary/aromatic N) is 1. The van der Waals surface area contributed by atoms with Crippen molar-refractivity contribution in [1.82, 2.24) is 4.90 Å². The standard InChI is InChI=1S/C23H33NO5/c1-20(2)12-27-23(28-13-20)8-7-22(25)16-11-14-5-6-15(26-4)18-17(14)21(22,19(23)29-18)9-10-24(16)3/h5-6,14,16-17,19,25H,7-13H2,1-4H3/t14?,16-,17?,19-,21+,22?/m1/s1. The molecule has 160 valence electrons.